The van der Waals surface area contributed by atoms with Gasteiger partial charge in [-0.25, -0.2) is 0 Å². The van der Waals surface area contributed by atoms with E-state index in [0.29, 0.717) is 5.69 Å². The Labute approximate surface area is 85.5 Å². The van der Waals surface area contributed by atoms with Gasteiger partial charge in [0.1, 0.15) is 0 Å². The lowest BCUT2D eigenvalue weighted by Gasteiger charge is -2.11. The van der Waals surface area contributed by atoms with Crippen LogP contribution in [0.5, 0.6) is 0 Å². The van der Waals surface area contributed by atoms with E-state index in [2.05, 4.69) is 10.3 Å². The van der Waals surface area contributed by atoms with Crippen LogP contribution in [-0.2, 0) is 6.18 Å². The zero-order valence-corrected chi connectivity index (χ0v) is 8.01. The van der Waals surface area contributed by atoms with E-state index >= 15 is 0 Å². The second kappa shape index (κ2) is 3.81. The summed E-state index contributed by atoms with van der Waals surface area (Å²) in [6.45, 7) is 0.910. The van der Waals surface area contributed by atoms with Gasteiger partial charge in [-0.2, -0.15) is 13.2 Å². The van der Waals surface area contributed by atoms with Crippen molar-refractivity contribution in [2.45, 2.75) is 25.1 Å². The SMILES string of the molecule is FC(F)(F)c1ccc(C2CCCN2)nc1. The van der Waals surface area contributed by atoms with E-state index in [1.165, 1.54) is 6.07 Å². The first kappa shape index (κ1) is 10.4. The number of hydrogen-bond acceptors (Lipinski definition) is 2. The van der Waals surface area contributed by atoms with Gasteiger partial charge in [0.2, 0.25) is 0 Å². The number of pyridine rings is 1. The predicted molar refractivity (Wildman–Crippen MR) is 49.2 cm³/mol. The molecule has 0 amide bonds. The normalized spacial score (nSPS) is 21.9. The van der Waals surface area contributed by atoms with Crippen LogP contribution in [0.15, 0.2) is 18.3 Å². The maximum absolute atomic E-state index is 12.2. The number of nitrogens with zero attached hydrogens (tertiary/aromatic N) is 1. The number of nitrogens with one attached hydrogen (secondary N) is 1. The van der Waals surface area contributed by atoms with Gasteiger partial charge in [0.25, 0.3) is 0 Å². The second-order valence-corrected chi connectivity index (χ2v) is 3.62. The van der Waals surface area contributed by atoms with Crippen molar-refractivity contribution < 1.29 is 13.2 Å². The van der Waals surface area contributed by atoms with Crippen molar-refractivity contribution >= 4 is 0 Å². The Morgan fingerprint density at radius 3 is 2.60 bits per heavy atom. The van der Waals surface area contributed by atoms with E-state index in [0.717, 1.165) is 31.6 Å². The molecule has 82 valence electrons. The quantitative estimate of drug-likeness (QED) is 0.780. The fraction of sp³-hybridized carbons (Fsp3) is 0.500. The van der Waals surface area contributed by atoms with E-state index in [1.54, 1.807) is 0 Å². The molecular weight excluding hydrogens is 205 g/mol. The molecular formula is C10H11F3N2. The smallest absolute Gasteiger partial charge is 0.309 e. The van der Waals surface area contributed by atoms with Crippen molar-refractivity contribution in [2.75, 3.05) is 6.54 Å². The van der Waals surface area contributed by atoms with Crippen molar-refractivity contribution in [2.24, 2.45) is 0 Å². The molecule has 0 bridgehead atoms. The van der Waals surface area contributed by atoms with Gasteiger partial charge >= 0.3 is 6.18 Å². The number of rotatable bonds is 1. The summed E-state index contributed by atoms with van der Waals surface area (Å²) in [5.41, 5.74) is 0.00440. The van der Waals surface area contributed by atoms with Crippen LogP contribution in [-0.4, -0.2) is 11.5 Å². The zero-order valence-electron chi connectivity index (χ0n) is 8.01. The van der Waals surface area contributed by atoms with Gasteiger partial charge in [0, 0.05) is 12.2 Å². The molecule has 1 unspecified atom stereocenters. The van der Waals surface area contributed by atoms with E-state index in [9.17, 15) is 13.2 Å². The highest BCUT2D eigenvalue weighted by Crippen LogP contribution is 2.29. The van der Waals surface area contributed by atoms with Crippen molar-refractivity contribution in [3.63, 3.8) is 0 Å². The highest BCUT2D eigenvalue weighted by Gasteiger charge is 2.31. The topological polar surface area (TPSA) is 24.9 Å². The number of aromatic nitrogens is 1. The molecule has 2 nitrogen and oxygen atoms in total. The van der Waals surface area contributed by atoms with Crippen molar-refractivity contribution in [3.05, 3.63) is 29.6 Å². The van der Waals surface area contributed by atoms with Gasteiger partial charge in [0.15, 0.2) is 0 Å². The Bertz CT molecular complexity index is 326. The fourth-order valence-electron chi connectivity index (χ4n) is 1.72. The first-order valence-corrected chi connectivity index (χ1v) is 4.84. The molecule has 1 fully saturated rings. The summed E-state index contributed by atoms with van der Waals surface area (Å²) in [5.74, 6) is 0. The first-order valence-electron chi connectivity index (χ1n) is 4.84. The lowest BCUT2D eigenvalue weighted by Crippen LogP contribution is -2.15. The molecule has 1 saturated heterocycles. The molecule has 1 aromatic rings. The molecule has 1 aliphatic heterocycles. The van der Waals surface area contributed by atoms with E-state index in [4.69, 9.17) is 0 Å². The van der Waals surface area contributed by atoms with Crippen LogP contribution in [0.1, 0.15) is 30.1 Å². The molecule has 0 radical (unpaired) electrons. The van der Waals surface area contributed by atoms with Crippen LogP contribution in [0.2, 0.25) is 0 Å². The van der Waals surface area contributed by atoms with Crippen molar-refractivity contribution in [1.82, 2.24) is 10.3 Å². The standard InChI is InChI=1S/C10H11F3N2/c11-10(12,13)7-3-4-9(15-6-7)8-2-1-5-14-8/h3-4,6,8,14H,1-2,5H2. The maximum Gasteiger partial charge on any atom is 0.417 e. The van der Waals surface area contributed by atoms with E-state index in [-0.39, 0.29) is 6.04 Å². The number of halogens is 3. The number of hydrogen-bond donors (Lipinski definition) is 1. The molecule has 1 aliphatic rings. The molecule has 1 atom stereocenters. The molecule has 0 spiro atoms. The van der Waals surface area contributed by atoms with Gasteiger partial charge in [-0.3, -0.25) is 4.98 Å². The molecule has 0 aromatic carbocycles. The summed E-state index contributed by atoms with van der Waals surface area (Å²) in [6.07, 6.45) is -1.41. The van der Waals surface area contributed by atoms with Crippen LogP contribution in [0.4, 0.5) is 13.2 Å². The molecule has 2 heterocycles. The Morgan fingerprint density at radius 2 is 2.13 bits per heavy atom. The minimum absolute atomic E-state index is 0.118. The summed E-state index contributed by atoms with van der Waals surface area (Å²) in [4.78, 5) is 3.84. The monoisotopic (exact) mass is 216 g/mol. The molecule has 2 rings (SSSR count). The van der Waals surface area contributed by atoms with Crippen LogP contribution < -0.4 is 5.32 Å². The third-order valence-corrected chi connectivity index (χ3v) is 2.53. The lowest BCUT2D eigenvalue weighted by atomic mass is 10.1. The Morgan fingerprint density at radius 1 is 1.33 bits per heavy atom. The molecule has 0 aliphatic carbocycles. The van der Waals surface area contributed by atoms with Gasteiger partial charge in [0.05, 0.1) is 11.3 Å². The summed E-state index contributed by atoms with van der Waals surface area (Å²) in [7, 11) is 0. The van der Waals surface area contributed by atoms with Crippen LogP contribution >= 0.6 is 0 Å². The molecule has 1 aromatic heterocycles. The van der Waals surface area contributed by atoms with Gasteiger partial charge in [-0.1, -0.05) is 0 Å². The van der Waals surface area contributed by atoms with Crippen LogP contribution in [0.3, 0.4) is 0 Å². The molecule has 0 saturated carbocycles. The molecule has 5 heteroatoms. The minimum Gasteiger partial charge on any atom is -0.309 e. The van der Waals surface area contributed by atoms with Crippen molar-refractivity contribution in [1.29, 1.82) is 0 Å². The summed E-state index contributed by atoms with van der Waals surface area (Å²) < 4.78 is 36.7. The molecule has 15 heavy (non-hydrogen) atoms. The van der Waals surface area contributed by atoms with Gasteiger partial charge in [-0.15, -0.1) is 0 Å². The second-order valence-electron chi connectivity index (χ2n) is 3.62. The minimum atomic E-state index is -4.30. The zero-order chi connectivity index (χ0) is 10.9. The summed E-state index contributed by atoms with van der Waals surface area (Å²) in [6, 6.07) is 2.65. The average Bonchev–Trinajstić information content (AvgIpc) is 2.69. The molecule has 1 N–H and O–H groups in total. The summed E-state index contributed by atoms with van der Waals surface area (Å²) >= 11 is 0. The highest BCUT2D eigenvalue weighted by atomic mass is 19.4. The van der Waals surface area contributed by atoms with Gasteiger partial charge in [-0.05, 0) is 31.5 Å². The fourth-order valence-corrected chi connectivity index (χ4v) is 1.72. The van der Waals surface area contributed by atoms with Crippen molar-refractivity contribution in [3.8, 4) is 0 Å². The average molecular weight is 216 g/mol. The largest absolute Gasteiger partial charge is 0.417 e. The maximum atomic E-state index is 12.2. The number of alkyl halides is 3. The highest BCUT2D eigenvalue weighted by molar-refractivity contribution is 5.19. The van der Waals surface area contributed by atoms with E-state index < -0.39 is 11.7 Å². The Hall–Kier alpha value is -1.10. The first-order chi connectivity index (χ1) is 7.07. The third-order valence-electron chi connectivity index (χ3n) is 2.53. The van der Waals surface area contributed by atoms with Gasteiger partial charge < -0.3 is 5.32 Å². The summed E-state index contributed by atoms with van der Waals surface area (Å²) in [5, 5.41) is 3.19. The Kier molecular flexibility index (Phi) is 2.65. The Balaban J connectivity index is 2.16. The lowest BCUT2D eigenvalue weighted by molar-refractivity contribution is -0.137. The van der Waals surface area contributed by atoms with Crippen LogP contribution in [0.25, 0.3) is 0 Å². The van der Waals surface area contributed by atoms with E-state index in [1.807, 2.05) is 0 Å². The predicted octanol–water partition coefficient (Wildman–Crippen LogP) is 2.52. The van der Waals surface area contributed by atoms with Crippen LogP contribution in [0, 0.1) is 0 Å². The third kappa shape index (κ3) is 2.28.